The third kappa shape index (κ3) is 8.85. The third-order valence-electron chi connectivity index (χ3n) is 2.70. The molecule has 0 fully saturated rings. The Morgan fingerprint density at radius 1 is 1.13 bits per heavy atom. The Labute approximate surface area is 94.9 Å². The molecule has 1 atom stereocenters. The van der Waals surface area contributed by atoms with Gasteiger partial charge in [-0.25, -0.2) is 0 Å². The van der Waals surface area contributed by atoms with Crippen LogP contribution < -0.4 is 5.32 Å². The fraction of sp³-hybridized carbons (Fsp3) is 1.00. The predicted molar refractivity (Wildman–Crippen MR) is 66.2 cm³/mol. The summed E-state index contributed by atoms with van der Waals surface area (Å²) in [5.74, 6) is 0. The van der Waals surface area contributed by atoms with Crippen LogP contribution in [0.3, 0.4) is 0 Å². The lowest BCUT2D eigenvalue weighted by Crippen LogP contribution is -2.38. The number of nitrogens with zero attached hydrogens (tertiary/aromatic N) is 1. The molecule has 3 nitrogen and oxygen atoms in total. The van der Waals surface area contributed by atoms with E-state index >= 15 is 0 Å². The van der Waals surface area contributed by atoms with Crippen molar-refractivity contribution in [3.63, 3.8) is 0 Å². The standard InChI is InChI=1S/C12H28N2O/c1-4-7-8-9-13-10-12(15)11-14(5-2)6-3/h12-13,15H,4-11H2,1-3H3. The molecular formula is C12H28N2O. The molecule has 0 amide bonds. The Morgan fingerprint density at radius 2 is 1.80 bits per heavy atom. The van der Waals surface area contributed by atoms with E-state index in [-0.39, 0.29) is 6.10 Å². The van der Waals surface area contributed by atoms with E-state index in [2.05, 4.69) is 31.0 Å². The number of hydrogen-bond donors (Lipinski definition) is 2. The Bertz CT molecular complexity index is 127. The number of likely N-dealkylation sites (N-methyl/N-ethyl adjacent to an activating group) is 1. The molecule has 2 N–H and O–H groups in total. The van der Waals surface area contributed by atoms with Crippen molar-refractivity contribution in [3.05, 3.63) is 0 Å². The Kier molecular flexibility index (Phi) is 10.3. The number of aliphatic hydroxyl groups excluding tert-OH is 1. The molecular weight excluding hydrogens is 188 g/mol. The maximum atomic E-state index is 9.73. The van der Waals surface area contributed by atoms with Crippen molar-refractivity contribution in [1.29, 1.82) is 0 Å². The maximum Gasteiger partial charge on any atom is 0.0791 e. The maximum absolute atomic E-state index is 9.73. The van der Waals surface area contributed by atoms with Crippen LogP contribution in [0, 0.1) is 0 Å². The minimum Gasteiger partial charge on any atom is -0.390 e. The van der Waals surface area contributed by atoms with E-state index in [1.54, 1.807) is 0 Å². The van der Waals surface area contributed by atoms with Gasteiger partial charge in [-0.2, -0.15) is 0 Å². The van der Waals surface area contributed by atoms with Gasteiger partial charge in [-0.1, -0.05) is 33.6 Å². The van der Waals surface area contributed by atoms with Crippen molar-refractivity contribution in [1.82, 2.24) is 10.2 Å². The van der Waals surface area contributed by atoms with Gasteiger partial charge < -0.3 is 15.3 Å². The minimum atomic E-state index is -0.230. The number of aliphatic hydroxyl groups is 1. The van der Waals surface area contributed by atoms with Crippen LogP contribution in [0.25, 0.3) is 0 Å². The van der Waals surface area contributed by atoms with Gasteiger partial charge in [0.15, 0.2) is 0 Å². The molecule has 0 aliphatic carbocycles. The Balaban J connectivity index is 3.35. The fourth-order valence-electron chi connectivity index (χ4n) is 1.61. The number of unbranched alkanes of at least 4 members (excludes halogenated alkanes) is 2. The number of nitrogens with one attached hydrogen (secondary N) is 1. The Hall–Kier alpha value is -0.120. The van der Waals surface area contributed by atoms with E-state index in [9.17, 15) is 5.11 Å². The molecule has 0 aromatic carbocycles. The zero-order chi connectivity index (χ0) is 11.5. The molecule has 0 saturated carbocycles. The second-order valence-electron chi connectivity index (χ2n) is 4.05. The summed E-state index contributed by atoms with van der Waals surface area (Å²) in [7, 11) is 0. The lowest BCUT2D eigenvalue weighted by Gasteiger charge is -2.22. The normalized spacial score (nSPS) is 13.4. The summed E-state index contributed by atoms with van der Waals surface area (Å²) in [4.78, 5) is 2.25. The predicted octanol–water partition coefficient (Wildman–Crippen LogP) is 1.47. The molecule has 0 aliphatic heterocycles. The van der Waals surface area contributed by atoms with E-state index in [4.69, 9.17) is 0 Å². The average Bonchev–Trinajstić information content (AvgIpc) is 2.25. The molecule has 1 unspecified atom stereocenters. The van der Waals surface area contributed by atoms with Crippen LogP contribution >= 0.6 is 0 Å². The van der Waals surface area contributed by atoms with E-state index in [0.717, 1.165) is 32.7 Å². The van der Waals surface area contributed by atoms with Crippen LogP contribution in [-0.2, 0) is 0 Å². The van der Waals surface area contributed by atoms with Crippen molar-refractivity contribution < 1.29 is 5.11 Å². The van der Waals surface area contributed by atoms with Gasteiger partial charge in [-0.15, -0.1) is 0 Å². The molecule has 0 heterocycles. The highest BCUT2D eigenvalue weighted by Crippen LogP contribution is 1.93. The molecule has 15 heavy (non-hydrogen) atoms. The lowest BCUT2D eigenvalue weighted by atomic mass is 10.2. The van der Waals surface area contributed by atoms with Crippen LogP contribution in [-0.4, -0.2) is 48.8 Å². The zero-order valence-electron chi connectivity index (χ0n) is 10.6. The summed E-state index contributed by atoms with van der Waals surface area (Å²) in [5.41, 5.74) is 0. The summed E-state index contributed by atoms with van der Waals surface area (Å²) in [6, 6.07) is 0. The van der Waals surface area contributed by atoms with E-state index in [1.807, 2.05) is 0 Å². The SMILES string of the molecule is CCCCCNCC(O)CN(CC)CC. The summed E-state index contributed by atoms with van der Waals surface area (Å²) >= 11 is 0. The van der Waals surface area contributed by atoms with Gasteiger partial charge in [0, 0.05) is 13.1 Å². The molecule has 0 spiro atoms. The first-order valence-electron chi connectivity index (χ1n) is 6.35. The van der Waals surface area contributed by atoms with Crippen molar-refractivity contribution in [2.45, 2.75) is 46.1 Å². The highest BCUT2D eigenvalue weighted by Gasteiger charge is 2.07. The third-order valence-corrected chi connectivity index (χ3v) is 2.70. The highest BCUT2D eigenvalue weighted by molar-refractivity contribution is 4.65. The molecule has 0 aromatic rings. The first kappa shape index (κ1) is 14.9. The molecule has 0 saturated heterocycles. The minimum absolute atomic E-state index is 0.230. The first-order chi connectivity index (χ1) is 7.24. The highest BCUT2D eigenvalue weighted by atomic mass is 16.3. The molecule has 3 heteroatoms. The van der Waals surface area contributed by atoms with Crippen LogP contribution in [0.1, 0.15) is 40.0 Å². The van der Waals surface area contributed by atoms with Crippen molar-refractivity contribution in [2.24, 2.45) is 0 Å². The second-order valence-corrected chi connectivity index (χ2v) is 4.05. The fourth-order valence-corrected chi connectivity index (χ4v) is 1.61. The summed E-state index contributed by atoms with van der Waals surface area (Å²) in [5, 5.41) is 13.0. The number of hydrogen-bond acceptors (Lipinski definition) is 3. The second kappa shape index (κ2) is 10.4. The van der Waals surface area contributed by atoms with Gasteiger partial charge in [0.05, 0.1) is 6.10 Å². The first-order valence-corrected chi connectivity index (χ1v) is 6.35. The average molecular weight is 216 g/mol. The smallest absolute Gasteiger partial charge is 0.0791 e. The van der Waals surface area contributed by atoms with Crippen molar-refractivity contribution in [3.8, 4) is 0 Å². The van der Waals surface area contributed by atoms with E-state index < -0.39 is 0 Å². The van der Waals surface area contributed by atoms with E-state index in [1.165, 1.54) is 19.3 Å². The van der Waals surface area contributed by atoms with Gasteiger partial charge in [-0.05, 0) is 26.1 Å². The molecule has 0 aromatic heterocycles. The van der Waals surface area contributed by atoms with Crippen LogP contribution in [0.5, 0.6) is 0 Å². The lowest BCUT2D eigenvalue weighted by molar-refractivity contribution is 0.117. The van der Waals surface area contributed by atoms with Gasteiger partial charge >= 0.3 is 0 Å². The van der Waals surface area contributed by atoms with Crippen LogP contribution in [0.4, 0.5) is 0 Å². The summed E-state index contributed by atoms with van der Waals surface area (Å²) in [6.45, 7) is 11.0. The summed E-state index contributed by atoms with van der Waals surface area (Å²) < 4.78 is 0. The molecule has 0 radical (unpaired) electrons. The van der Waals surface area contributed by atoms with Gasteiger partial charge in [0.25, 0.3) is 0 Å². The summed E-state index contributed by atoms with van der Waals surface area (Å²) in [6.07, 6.45) is 3.52. The Morgan fingerprint density at radius 3 is 2.33 bits per heavy atom. The van der Waals surface area contributed by atoms with E-state index in [0.29, 0.717) is 0 Å². The number of rotatable bonds is 10. The molecule has 0 aliphatic rings. The zero-order valence-corrected chi connectivity index (χ0v) is 10.6. The van der Waals surface area contributed by atoms with Crippen molar-refractivity contribution in [2.75, 3.05) is 32.7 Å². The molecule has 92 valence electrons. The largest absolute Gasteiger partial charge is 0.390 e. The van der Waals surface area contributed by atoms with Gasteiger partial charge in [-0.3, -0.25) is 0 Å². The monoisotopic (exact) mass is 216 g/mol. The van der Waals surface area contributed by atoms with Crippen LogP contribution in [0.15, 0.2) is 0 Å². The van der Waals surface area contributed by atoms with Crippen LogP contribution in [0.2, 0.25) is 0 Å². The molecule has 0 rings (SSSR count). The van der Waals surface area contributed by atoms with Crippen molar-refractivity contribution >= 4 is 0 Å². The van der Waals surface area contributed by atoms with Gasteiger partial charge in [0.2, 0.25) is 0 Å². The molecule has 0 bridgehead atoms. The van der Waals surface area contributed by atoms with Gasteiger partial charge in [0.1, 0.15) is 0 Å². The quantitative estimate of drug-likeness (QED) is 0.543. The topological polar surface area (TPSA) is 35.5 Å².